The lowest BCUT2D eigenvalue weighted by Gasteiger charge is -2.41. The third-order valence-corrected chi connectivity index (χ3v) is 3.44. The maximum atomic E-state index is 13.7. The molecule has 0 spiro atoms. The van der Waals surface area contributed by atoms with Crippen LogP contribution in [0.25, 0.3) is 0 Å². The Morgan fingerprint density at radius 2 is 2.20 bits per heavy atom. The molecule has 82 valence electrons. The zero-order valence-electron chi connectivity index (χ0n) is 9.03. The van der Waals surface area contributed by atoms with Gasteiger partial charge in [0.05, 0.1) is 7.11 Å². The van der Waals surface area contributed by atoms with Crippen molar-refractivity contribution in [3.8, 4) is 5.75 Å². The summed E-state index contributed by atoms with van der Waals surface area (Å²) in [6, 6.07) is 5.14. The van der Waals surface area contributed by atoms with E-state index >= 15 is 0 Å². The molecule has 3 heteroatoms. The molecule has 0 saturated heterocycles. The molecule has 0 aromatic heterocycles. The van der Waals surface area contributed by atoms with Gasteiger partial charge in [0.25, 0.3) is 0 Å². The molecule has 2 N–H and O–H groups in total. The SMILES string of the molecule is COc1cccc(F)c1C1CC(N)C1C. The Kier molecular flexibility index (Phi) is 2.65. The van der Waals surface area contributed by atoms with E-state index in [1.54, 1.807) is 19.2 Å². The summed E-state index contributed by atoms with van der Waals surface area (Å²) in [5.41, 5.74) is 6.52. The highest BCUT2D eigenvalue weighted by Crippen LogP contribution is 2.45. The quantitative estimate of drug-likeness (QED) is 0.811. The van der Waals surface area contributed by atoms with Crippen molar-refractivity contribution in [1.29, 1.82) is 0 Å². The van der Waals surface area contributed by atoms with Crippen LogP contribution in [0.2, 0.25) is 0 Å². The van der Waals surface area contributed by atoms with Crippen molar-refractivity contribution in [2.75, 3.05) is 7.11 Å². The van der Waals surface area contributed by atoms with Crippen molar-refractivity contribution < 1.29 is 9.13 Å². The van der Waals surface area contributed by atoms with Gasteiger partial charge in [0, 0.05) is 11.6 Å². The minimum Gasteiger partial charge on any atom is -0.496 e. The highest BCUT2D eigenvalue weighted by molar-refractivity contribution is 5.39. The number of rotatable bonds is 2. The maximum Gasteiger partial charge on any atom is 0.130 e. The van der Waals surface area contributed by atoms with E-state index in [9.17, 15) is 4.39 Å². The van der Waals surface area contributed by atoms with Gasteiger partial charge in [0.15, 0.2) is 0 Å². The topological polar surface area (TPSA) is 35.2 Å². The van der Waals surface area contributed by atoms with Gasteiger partial charge in [-0.2, -0.15) is 0 Å². The molecule has 2 rings (SSSR count). The summed E-state index contributed by atoms with van der Waals surface area (Å²) in [7, 11) is 1.57. The van der Waals surface area contributed by atoms with Crippen LogP contribution < -0.4 is 10.5 Å². The molecule has 0 radical (unpaired) electrons. The summed E-state index contributed by atoms with van der Waals surface area (Å²) in [5.74, 6) is 0.990. The fourth-order valence-corrected chi connectivity index (χ4v) is 2.26. The average Bonchev–Trinajstić information content (AvgIpc) is 2.25. The number of hydrogen-bond donors (Lipinski definition) is 1. The lowest BCUT2D eigenvalue weighted by atomic mass is 9.67. The van der Waals surface area contributed by atoms with Crippen LogP contribution in [0.5, 0.6) is 5.75 Å². The first kappa shape index (κ1) is 10.4. The Labute approximate surface area is 89.2 Å². The normalized spacial score (nSPS) is 29.7. The minimum atomic E-state index is -0.182. The van der Waals surface area contributed by atoms with Crippen LogP contribution >= 0.6 is 0 Å². The largest absolute Gasteiger partial charge is 0.496 e. The lowest BCUT2D eigenvalue weighted by Crippen LogP contribution is -2.44. The molecule has 3 unspecified atom stereocenters. The van der Waals surface area contributed by atoms with Crippen LogP contribution in [0, 0.1) is 11.7 Å². The first-order valence-corrected chi connectivity index (χ1v) is 5.23. The Balaban J connectivity index is 2.35. The van der Waals surface area contributed by atoms with Gasteiger partial charge >= 0.3 is 0 Å². The van der Waals surface area contributed by atoms with Crippen LogP contribution in [0.4, 0.5) is 4.39 Å². The van der Waals surface area contributed by atoms with Crippen molar-refractivity contribution in [1.82, 2.24) is 0 Å². The summed E-state index contributed by atoms with van der Waals surface area (Å²) in [6.07, 6.45) is 0.846. The molecule has 0 bridgehead atoms. The van der Waals surface area contributed by atoms with Crippen molar-refractivity contribution >= 4 is 0 Å². The van der Waals surface area contributed by atoms with Gasteiger partial charge in [-0.3, -0.25) is 0 Å². The fourth-order valence-electron chi connectivity index (χ4n) is 2.26. The molecule has 1 aromatic rings. The third kappa shape index (κ3) is 1.61. The summed E-state index contributed by atoms with van der Waals surface area (Å²) in [4.78, 5) is 0. The number of methoxy groups -OCH3 is 1. The van der Waals surface area contributed by atoms with E-state index in [1.807, 2.05) is 0 Å². The van der Waals surface area contributed by atoms with Crippen LogP contribution in [0.1, 0.15) is 24.8 Å². The molecule has 1 saturated carbocycles. The number of ether oxygens (including phenoxy) is 1. The monoisotopic (exact) mass is 209 g/mol. The van der Waals surface area contributed by atoms with Crippen molar-refractivity contribution in [3.63, 3.8) is 0 Å². The Morgan fingerprint density at radius 1 is 1.47 bits per heavy atom. The van der Waals surface area contributed by atoms with E-state index in [2.05, 4.69) is 6.92 Å². The van der Waals surface area contributed by atoms with Crippen molar-refractivity contribution in [2.24, 2.45) is 11.7 Å². The summed E-state index contributed by atoms with van der Waals surface area (Å²) >= 11 is 0. The van der Waals surface area contributed by atoms with Gasteiger partial charge in [-0.05, 0) is 30.4 Å². The van der Waals surface area contributed by atoms with Gasteiger partial charge in [0.1, 0.15) is 11.6 Å². The highest BCUT2D eigenvalue weighted by atomic mass is 19.1. The molecule has 1 fully saturated rings. The number of nitrogens with two attached hydrogens (primary N) is 1. The van der Waals surface area contributed by atoms with E-state index in [0.717, 1.165) is 6.42 Å². The molecule has 15 heavy (non-hydrogen) atoms. The van der Waals surface area contributed by atoms with Crippen LogP contribution in [0.3, 0.4) is 0 Å². The maximum absolute atomic E-state index is 13.7. The predicted octanol–water partition coefficient (Wildman–Crippen LogP) is 2.29. The van der Waals surface area contributed by atoms with Gasteiger partial charge in [-0.15, -0.1) is 0 Å². The van der Waals surface area contributed by atoms with Gasteiger partial charge in [0.2, 0.25) is 0 Å². The lowest BCUT2D eigenvalue weighted by molar-refractivity contribution is 0.216. The minimum absolute atomic E-state index is 0.182. The van der Waals surface area contributed by atoms with Gasteiger partial charge < -0.3 is 10.5 Å². The van der Waals surface area contributed by atoms with E-state index in [1.165, 1.54) is 6.07 Å². The molecule has 1 aliphatic carbocycles. The smallest absolute Gasteiger partial charge is 0.130 e. The number of hydrogen-bond acceptors (Lipinski definition) is 2. The Morgan fingerprint density at radius 3 is 2.73 bits per heavy atom. The van der Waals surface area contributed by atoms with Crippen molar-refractivity contribution in [2.45, 2.75) is 25.3 Å². The van der Waals surface area contributed by atoms with E-state index in [4.69, 9.17) is 10.5 Å². The zero-order valence-corrected chi connectivity index (χ0v) is 9.03. The summed E-state index contributed by atoms with van der Waals surface area (Å²) < 4.78 is 18.9. The van der Waals surface area contributed by atoms with Crippen LogP contribution in [0.15, 0.2) is 18.2 Å². The van der Waals surface area contributed by atoms with Crippen LogP contribution in [-0.2, 0) is 0 Å². The Hall–Kier alpha value is -1.09. The average molecular weight is 209 g/mol. The van der Waals surface area contributed by atoms with Gasteiger partial charge in [-0.25, -0.2) is 4.39 Å². The zero-order chi connectivity index (χ0) is 11.0. The molecule has 0 amide bonds. The molecule has 1 aromatic carbocycles. The molecule has 2 nitrogen and oxygen atoms in total. The van der Waals surface area contributed by atoms with Crippen LogP contribution in [-0.4, -0.2) is 13.2 Å². The number of benzene rings is 1. The molecular weight excluding hydrogens is 193 g/mol. The third-order valence-electron chi connectivity index (χ3n) is 3.44. The summed E-state index contributed by atoms with van der Waals surface area (Å²) in [6.45, 7) is 2.06. The first-order valence-electron chi connectivity index (χ1n) is 5.23. The molecule has 0 aliphatic heterocycles. The van der Waals surface area contributed by atoms with E-state index in [-0.39, 0.29) is 17.8 Å². The predicted molar refractivity (Wildman–Crippen MR) is 57.4 cm³/mol. The number of halogens is 1. The molecule has 3 atom stereocenters. The van der Waals surface area contributed by atoms with Gasteiger partial charge in [-0.1, -0.05) is 13.0 Å². The summed E-state index contributed by atoms with van der Waals surface area (Å²) in [5, 5.41) is 0. The first-order chi connectivity index (χ1) is 7.15. The Bertz CT molecular complexity index is 367. The fraction of sp³-hybridized carbons (Fsp3) is 0.500. The second-order valence-electron chi connectivity index (χ2n) is 4.22. The van der Waals surface area contributed by atoms with E-state index < -0.39 is 0 Å². The second kappa shape index (κ2) is 3.81. The van der Waals surface area contributed by atoms with E-state index in [0.29, 0.717) is 17.2 Å². The highest BCUT2D eigenvalue weighted by Gasteiger charge is 2.39. The molecule has 0 heterocycles. The van der Waals surface area contributed by atoms with Crippen molar-refractivity contribution in [3.05, 3.63) is 29.6 Å². The molecular formula is C12H16FNO. The standard InChI is InChI=1S/C12H16FNO/c1-7-8(6-10(7)14)12-9(13)4-3-5-11(12)15-2/h3-5,7-8,10H,6,14H2,1-2H3. The molecule has 1 aliphatic rings. The second-order valence-corrected chi connectivity index (χ2v) is 4.22.